The van der Waals surface area contributed by atoms with Crippen LogP contribution in [-0.2, 0) is 9.84 Å². The van der Waals surface area contributed by atoms with Gasteiger partial charge in [-0.25, -0.2) is 13.4 Å². The molecular weight excluding hydrogens is 290 g/mol. The van der Waals surface area contributed by atoms with Crippen LogP contribution in [-0.4, -0.2) is 36.9 Å². The van der Waals surface area contributed by atoms with Crippen molar-refractivity contribution in [3.8, 4) is 0 Å². The van der Waals surface area contributed by atoms with Gasteiger partial charge in [0.15, 0.2) is 0 Å². The molecule has 3 N–H and O–H groups in total. The van der Waals surface area contributed by atoms with Gasteiger partial charge < -0.3 is 11.1 Å². The van der Waals surface area contributed by atoms with Gasteiger partial charge in [0.1, 0.15) is 15.7 Å². The van der Waals surface area contributed by atoms with Crippen LogP contribution in [0.5, 0.6) is 0 Å². The number of carbonyl (C=O) groups is 1. The van der Waals surface area contributed by atoms with E-state index in [0.717, 1.165) is 0 Å². The Bertz CT molecular complexity index is 589. The van der Waals surface area contributed by atoms with Crippen LogP contribution in [0.15, 0.2) is 12.3 Å². The maximum atomic E-state index is 11.9. The first-order valence-electron chi connectivity index (χ1n) is 5.80. The summed E-state index contributed by atoms with van der Waals surface area (Å²) < 4.78 is 22.6. The van der Waals surface area contributed by atoms with Crippen LogP contribution in [0, 0.1) is 0 Å². The van der Waals surface area contributed by atoms with E-state index in [0.29, 0.717) is 18.4 Å². The second-order valence-electron chi connectivity index (χ2n) is 4.49. The third-order valence-electron chi connectivity index (χ3n) is 3.02. The van der Waals surface area contributed by atoms with Gasteiger partial charge in [-0.2, -0.15) is 0 Å². The maximum Gasteiger partial charge on any atom is 0.253 e. The normalized spacial score (nSPS) is 19.0. The second kappa shape index (κ2) is 5.34. The molecule has 1 fully saturated rings. The van der Waals surface area contributed by atoms with Gasteiger partial charge in [0.05, 0.1) is 22.1 Å². The molecule has 2 heterocycles. The minimum atomic E-state index is -2.93. The summed E-state index contributed by atoms with van der Waals surface area (Å²) in [6.07, 6.45) is 2.21. The second-order valence-corrected chi connectivity index (χ2v) is 7.20. The van der Waals surface area contributed by atoms with E-state index in [1.807, 2.05) is 0 Å². The fourth-order valence-electron chi connectivity index (χ4n) is 1.88. The zero-order valence-electron chi connectivity index (χ0n) is 10.1. The lowest BCUT2D eigenvalue weighted by Crippen LogP contribution is -2.40. The molecule has 6 nitrogen and oxygen atoms in total. The van der Waals surface area contributed by atoms with Crippen molar-refractivity contribution < 1.29 is 13.2 Å². The Labute approximate surface area is 116 Å². The number of carbonyl (C=O) groups excluding carboxylic acids is 1. The molecule has 0 aliphatic carbocycles. The fourth-order valence-corrected chi connectivity index (χ4v) is 3.53. The summed E-state index contributed by atoms with van der Waals surface area (Å²) in [5.74, 6) is 0.0675. The van der Waals surface area contributed by atoms with E-state index >= 15 is 0 Å². The van der Waals surface area contributed by atoms with Crippen LogP contribution in [0.25, 0.3) is 0 Å². The summed E-state index contributed by atoms with van der Waals surface area (Å²) in [5.41, 5.74) is 5.77. The molecular formula is C11H14ClN3O3S. The van der Waals surface area contributed by atoms with Crippen LogP contribution < -0.4 is 11.1 Å². The maximum absolute atomic E-state index is 11.9. The van der Waals surface area contributed by atoms with Gasteiger partial charge in [-0.3, -0.25) is 4.79 Å². The largest absolute Gasteiger partial charge is 0.382 e. The monoisotopic (exact) mass is 303 g/mol. The molecule has 19 heavy (non-hydrogen) atoms. The topological polar surface area (TPSA) is 102 Å². The Hall–Kier alpha value is -1.34. The Balaban J connectivity index is 2.00. The first-order chi connectivity index (χ1) is 8.87. The van der Waals surface area contributed by atoms with Crippen molar-refractivity contribution >= 4 is 33.2 Å². The van der Waals surface area contributed by atoms with Crippen LogP contribution in [0.1, 0.15) is 23.2 Å². The molecule has 1 amide bonds. The number of nitrogens with one attached hydrogen (secondary N) is 1. The zero-order valence-corrected chi connectivity index (χ0v) is 11.7. The number of amides is 1. The number of aromatic nitrogens is 1. The molecule has 0 spiro atoms. The Morgan fingerprint density at radius 1 is 1.42 bits per heavy atom. The van der Waals surface area contributed by atoms with Gasteiger partial charge in [0.2, 0.25) is 0 Å². The fraction of sp³-hybridized carbons (Fsp3) is 0.455. The number of nitrogens with two attached hydrogens (primary N) is 1. The lowest BCUT2D eigenvalue weighted by atomic mass is 10.1. The van der Waals surface area contributed by atoms with Gasteiger partial charge in [-0.15, -0.1) is 0 Å². The van der Waals surface area contributed by atoms with Crippen LogP contribution in [0.4, 0.5) is 5.82 Å². The van der Waals surface area contributed by atoms with E-state index in [1.54, 1.807) is 0 Å². The van der Waals surface area contributed by atoms with Gasteiger partial charge >= 0.3 is 0 Å². The van der Waals surface area contributed by atoms with Crippen LogP contribution in [0.3, 0.4) is 0 Å². The average molecular weight is 304 g/mol. The summed E-state index contributed by atoms with van der Waals surface area (Å²) in [4.78, 5) is 15.7. The third kappa shape index (κ3) is 3.57. The number of hydrogen-bond acceptors (Lipinski definition) is 5. The molecule has 1 aliphatic heterocycles. The Morgan fingerprint density at radius 3 is 2.63 bits per heavy atom. The van der Waals surface area contributed by atoms with E-state index in [2.05, 4.69) is 10.3 Å². The van der Waals surface area contributed by atoms with Crippen molar-refractivity contribution in [2.24, 2.45) is 0 Å². The smallest absolute Gasteiger partial charge is 0.253 e. The number of nitrogen functional groups attached to an aromatic ring is 1. The van der Waals surface area contributed by atoms with Gasteiger partial charge in [-0.1, -0.05) is 11.6 Å². The number of anilines is 1. The number of sulfone groups is 1. The molecule has 1 aromatic heterocycles. The predicted molar refractivity (Wildman–Crippen MR) is 72.8 cm³/mol. The molecule has 0 radical (unpaired) electrons. The zero-order chi connectivity index (χ0) is 14.0. The first kappa shape index (κ1) is 14.1. The van der Waals surface area contributed by atoms with Gasteiger partial charge in [0.25, 0.3) is 5.91 Å². The number of hydrogen-bond donors (Lipinski definition) is 2. The van der Waals surface area contributed by atoms with Gasteiger partial charge in [0, 0.05) is 12.2 Å². The summed E-state index contributed by atoms with van der Waals surface area (Å²) >= 11 is 5.79. The minimum absolute atomic E-state index is 0.110. The molecule has 104 valence electrons. The highest BCUT2D eigenvalue weighted by Gasteiger charge is 2.25. The van der Waals surface area contributed by atoms with E-state index in [9.17, 15) is 13.2 Å². The molecule has 1 aliphatic rings. The molecule has 0 unspecified atom stereocenters. The van der Waals surface area contributed by atoms with Crippen molar-refractivity contribution in [3.63, 3.8) is 0 Å². The van der Waals surface area contributed by atoms with Crippen LogP contribution in [0.2, 0.25) is 5.02 Å². The van der Waals surface area contributed by atoms with Crippen LogP contribution >= 0.6 is 11.6 Å². The molecule has 0 aromatic carbocycles. The standard InChI is InChI=1S/C11H14ClN3O3S/c12-9-5-7(6-14-10(9)13)11(16)15-8-1-3-19(17,18)4-2-8/h5-6,8H,1-4H2,(H2,13,14)(H,15,16). The first-order valence-corrected chi connectivity index (χ1v) is 7.99. The average Bonchev–Trinajstić information content (AvgIpc) is 2.35. The van der Waals surface area contributed by atoms with E-state index < -0.39 is 9.84 Å². The van der Waals surface area contributed by atoms with Crippen molar-refractivity contribution in [2.75, 3.05) is 17.2 Å². The van der Waals surface area contributed by atoms with Crippen molar-refractivity contribution in [1.29, 1.82) is 0 Å². The lowest BCUT2D eigenvalue weighted by Gasteiger charge is -2.23. The van der Waals surface area contributed by atoms with E-state index in [4.69, 9.17) is 17.3 Å². The van der Waals surface area contributed by atoms with E-state index in [-0.39, 0.29) is 34.3 Å². The Morgan fingerprint density at radius 2 is 2.05 bits per heavy atom. The van der Waals surface area contributed by atoms with Crippen molar-refractivity contribution in [1.82, 2.24) is 10.3 Å². The van der Waals surface area contributed by atoms with Crippen molar-refractivity contribution in [2.45, 2.75) is 18.9 Å². The lowest BCUT2D eigenvalue weighted by molar-refractivity contribution is 0.0934. The quantitative estimate of drug-likeness (QED) is 0.834. The summed E-state index contributed by atoms with van der Waals surface area (Å²) in [6.45, 7) is 0. The number of halogens is 1. The molecule has 1 saturated heterocycles. The highest BCUT2D eigenvalue weighted by Crippen LogP contribution is 2.17. The molecule has 1 aromatic rings. The summed E-state index contributed by atoms with van der Waals surface area (Å²) in [5, 5.41) is 3.00. The van der Waals surface area contributed by atoms with Crippen molar-refractivity contribution in [3.05, 3.63) is 22.8 Å². The minimum Gasteiger partial charge on any atom is -0.382 e. The molecule has 0 bridgehead atoms. The highest BCUT2D eigenvalue weighted by atomic mass is 35.5. The molecule has 0 atom stereocenters. The molecule has 8 heteroatoms. The molecule has 0 saturated carbocycles. The predicted octanol–water partition coefficient (Wildman–Crippen LogP) is 0.624. The SMILES string of the molecule is Nc1ncc(C(=O)NC2CCS(=O)(=O)CC2)cc1Cl. The Kier molecular flexibility index (Phi) is 3.96. The summed E-state index contributed by atoms with van der Waals surface area (Å²) in [6, 6.07) is 1.31. The number of pyridine rings is 1. The number of rotatable bonds is 2. The number of nitrogens with zero attached hydrogens (tertiary/aromatic N) is 1. The third-order valence-corrected chi connectivity index (χ3v) is 5.04. The molecule has 2 rings (SSSR count). The summed E-state index contributed by atoms with van der Waals surface area (Å²) in [7, 11) is -2.93. The van der Waals surface area contributed by atoms with Gasteiger partial charge in [-0.05, 0) is 18.9 Å². The highest BCUT2D eigenvalue weighted by molar-refractivity contribution is 7.91. The van der Waals surface area contributed by atoms with E-state index in [1.165, 1.54) is 12.3 Å².